The lowest BCUT2D eigenvalue weighted by atomic mass is 9.95. The van der Waals surface area contributed by atoms with E-state index in [2.05, 4.69) is 30.2 Å². The summed E-state index contributed by atoms with van der Waals surface area (Å²) in [5.74, 6) is 0. The summed E-state index contributed by atoms with van der Waals surface area (Å²) in [4.78, 5) is 4.54. The number of pyridine rings is 1. The quantitative estimate of drug-likeness (QED) is 0.886. The van der Waals surface area contributed by atoms with Crippen LogP contribution in [0.15, 0.2) is 6.07 Å². The number of aliphatic hydroxyl groups is 1. The maximum atomic E-state index is 10.5. The molecule has 1 saturated heterocycles. The summed E-state index contributed by atoms with van der Waals surface area (Å²) in [6.45, 7) is 11.4. The van der Waals surface area contributed by atoms with E-state index in [4.69, 9.17) is 4.74 Å². The van der Waals surface area contributed by atoms with E-state index in [1.807, 2.05) is 20.8 Å². The normalized spacial score (nSPS) is 27.8. The second-order valence-corrected chi connectivity index (χ2v) is 6.05. The third kappa shape index (κ3) is 3.03. The number of hydrogen-bond donors (Lipinski definition) is 2. The van der Waals surface area contributed by atoms with Crippen LogP contribution in [0, 0.1) is 20.8 Å². The molecule has 0 amide bonds. The highest BCUT2D eigenvalue weighted by molar-refractivity contribution is 5.33. The summed E-state index contributed by atoms with van der Waals surface area (Å²) in [5, 5.41) is 14.0. The van der Waals surface area contributed by atoms with Gasteiger partial charge in [-0.2, -0.15) is 0 Å². The topological polar surface area (TPSA) is 54.4 Å². The molecule has 0 bridgehead atoms. The summed E-state index contributed by atoms with van der Waals surface area (Å²) in [5.41, 5.74) is 3.83. The first kappa shape index (κ1) is 15.4. The van der Waals surface area contributed by atoms with Crippen molar-refractivity contribution >= 4 is 0 Å². The molecule has 0 aromatic carbocycles. The highest BCUT2D eigenvalue weighted by Crippen LogP contribution is 2.27. The number of aryl methyl sites for hydroxylation is 3. The van der Waals surface area contributed by atoms with Crippen molar-refractivity contribution in [3.8, 4) is 0 Å². The number of hydrogen-bond acceptors (Lipinski definition) is 4. The molecule has 3 unspecified atom stereocenters. The standard InChI is InChI=1S/C16H26N2O2/c1-10-8-11(2)18-13(4)15(10)12(3)17-9-16(19)6-7-20-14(16)5/h8,12,14,17,19H,6-7,9H2,1-5H3. The van der Waals surface area contributed by atoms with E-state index >= 15 is 0 Å². The van der Waals surface area contributed by atoms with Crippen LogP contribution in [0.25, 0.3) is 0 Å². The molecule has 20 heavy (non-hydrogen) atoms. The summed E-state index contributed by atoms with van der Waals surface area (Å²) in [6, 6.07) is 2.27. The molecule has 2 rings (SSSR count). The summed E-state index contributed by atoms with van der Waals surface area (Å²) >= 11 is 0. The maximum Gasteiger partial charge on any atom is 0.105 e. The molecule has 2 heterocycles. The minimum atomic E-state index is -0.756. The van der Waals surface area contributed by atoms with E-state index in [0.29, 0.717) is 19.6 Å². The fraction of sp³-hybridized carbons (Fsp3) is 0.688. The molecule has 4 heteroatoms. The Morgan fingerprint density at radius 2 is 2.20 bits per heavy atom. The average molecular weight is 278 g/mol. The van der Waals surface area contributed by atoms with E-state index in [-0.39, 0.29) is 12.1 Å². The van der Waals surface area contributed by atoms with Crippen LogP contribution in [-0.2, 0) is 4.74 Å². The number of aromatic nitrogens is 1. The van der Waals surface area contributed by atoms with Crippen LogP contribution in [0.5, 0.6) is 0 Å². The Kier molecular flexibility index (Phi) is 4.47. The molecule has 0 saturated carbocycles. The first-order chi connectivity index (χ1) is 9.33. The zero-order valence-corrected chi connectivity index (χ0v) is 13.2. The summed E-state index contributed by atoms with van der Waals surface area (Å²) in [6.07, 6.45) is 0.582. The molecule has 0 aliphatic carbocycles. The monoisotopic (exact) mass is 278 g/mol. The fourth-order valence-electron chi connectivity index (χ4n) is 3.12. The molecule has 0 spiro atoms. The Hall–Kier alpha value is -0.970. The minimum absolute atomic E-state index is 0.111. The van der Waals surface area contributed by atoms with Crippen LogP contribution in [0.1, 0.15) is 48.8 Å². The highest BCUT2D eigenvalue weighted by atomic mass is 16.5. The largest absolute Gasteiger partial charge is 0.386 e. The highest BCUT2D eigenvalue weighted by Gasteiger charge is 2.39. The van der Waals surface area contributed by atoms with Gasteiger partial charge in [0.05, 0.1) is 6.10 Å². The van der Waals surface area contributed by atoms with Crippen molar-refractivity contribution in [2.24, 2.45) is 0 Å². The van der Waals surface area contributed by atoms with Crippen LogP contribution in [0.3, 0.4) is 0 Å². The van der Waals surface area contributed by atoms with Crippen LogP contribution >= 0.6 is 0 Å². The van der Waals surface area contributed by atoms with E-state index in [1.54, 1.807) is 0 Å². The van der Waals surface area contributed by atoms with Gasteiger partial charge in [-0.25, -0.2) is 0 Å². The van der Waals surface area contributed by atoms with Crippen molar-refractivity contribution in [3.05, 3.63) is 28.6 Å². The number of rotatable bonds is 4. The van der Waals surface area contributed by atoms with Gasteiger partial charge in [0.25, 0.3) is 0 Å². The smallest absolute Gasteiger partial charge is 0.105 e. The lowest BCUT2D eigenvalue weighted by Crippen LogP contribution is -2.46. The minimum Gasteiger partial charge on any atom is -0.386 e. The van der Waals surface area contributed by atoms with Crippen molar-refractivity contribution in [2.45, 2.75) is 58.8 Å². The zero-order chi connectivity index (χ0) is 14.9. The van der Waals surface area contributed by atoms with Gasteiger partial charge in [-0.1, -0.05) is 0 Å². The molecule has 1 aromatic rings. The van der Waals surface area contributed by atoms with Crippen LogP contribution < -0.4 is 5.32 Å². The van der Waals surface area contributed by atoms with E-state index < -0.39 is 5.60 Å². The van der Waals surface area contributed by atoms with E-state index in [9.17, 15) is 5.11 Å². The molecular formula is C16H26N2O2. The molecule has 4 nitrogen and oxygen atoms in total. The SMILES string of the molecule is Cc1cc(C)c(C(C)NCC2(O)CCOC2C)c(C)n1. The Bertz CT molecular complexity index is 466. The fourth-order valence-corrected chi connectivity index (χ4v) is 3.12. The van der Waals surface area contributed by atoms with Gasteiger partial charge >= 0.3 is 0 Å². The third-order valence-corrected chi connectivity index (χ3v) is 4.39. The van der Waals surface area contributed by atoms with Crippen molar-refractivity contribution in [1.29, 1.82) is 0 Å². The van der Waals surface area contributed by atoms with Crippen LogP contribution in [0.4, 0.5) is 0 Å². The van der Waals surface area contributed by atoms with E-state index in [1.165, 1.54) is 11.1 Å². The molecule has 1 aromatic heterocycles. The van der Waals surface area contributed by atoms with Gasteiger partial charge in [0.15, 0.2) is 0 Å². The Morgan fingerprint density at radius 1 is 1.50 bits per heavy atom. The van der Waals surface area contributed by atoms with Crippen molar-refractivity contribution in [2.75, 3.05) is 13.2 Å². The zero-order valence-electron chi connectivity index (χ0n) is 13.2. The second-order valence-electron chi connectivity index (χ2n) is 6.05. The summed E-state index contributed by atoms with van der Waals surface area (Å²) < 4.78 is 5.47. The van der Waals surface area contributed by atoms with Gasteiger partial charge in [0.1, 0.15) is 5.60 Å². The van der Waals surface area contributed by atoms with Gasteiger partial charge in [-0.15, -0.1) is 0 Å². The van der Waals surface area contributed by atoms with E-state index in [0.717, 1.165) is 11.4 Å². The molecule has 0 radical (unpaired) electrons. The summed E-state index contributed by atoms with van der Waals surface area (Å²) in [7, 11) is 0. The van der Waals surface area contributed by atoms with Gasteiger partial charge in [-0.05, 0) is 51.8 Å². The Balaban J connectivity index is 2.07. The number of ether oxygens (including phenoxy) is 1. The predicted molar refractivity (Wildman–Crippen MR) is 79.8 cm³/mol. The Morgan fingerprint density at radius 3 is 2.75 bits per heavy atom. The lowest BCUT2D eigenvalue weighted by molar-refractivity contribution is -0.0274. The van der Waals surface area contributed by atoms with Crippen LogP contribution in [-0.4, -0.2) is 34.9 Å². The Labute approximate surface area is 121 Å². The molecule has 1 fully saturated rings. The third-order valence-electron chi connectivity index (χ3n) is 4.39. The number of nitrogens with zero attached hydrogens (tertiary/aromatic N) is 1. The van der Waals surface area contributed by atoms with Crippen molar-refractivity contribution in [3.63, 3.8) is 0 Å². The predicted octanol–water partition coefficient (Wildman–Crippen LogP) is 2.20. The maximum absolute atomic E-state index is 10.5. The van der Waals surface area contributed by atoms with Gasteiger partial charge in [0, 0.05) is 37.0 Å². The number of nitrogens with one attached hydrogen (secondary N) is 1. The van der Waals surface area contributed by atoms with Crippen molar-refractivity contribution in [1.82, 2.24) is 10.3 Å². The molecule has 2 N–H and O–H groups in total. The van der Waals surface area contributed by atoms with Crippen molar-refractivity contribution < 1.29 is 9.84 Å². The second kappa shape index (κ2) is 5.80. The van der Waals surface area contributed by atoms with Gasteiger partial charge < -0.3 is 15.2 Å². The molecular weight excluding hydrogens is 252 g/mol. The van der Waals surface area contributed by atoms with Gasteiger partial charge in [-0.3, -0.25) is 4.98 Å². The van der Waals surface area contributed by atoms with Gasteiger partial charge in [0.2, 0.25) is 0 Å². The average Bonchev–Trinajstić information content (AvgIpc) is 2.66. The molecule has 3 atom stereocenters. The molecule has 1 aliphatic heterocycles. The van der Waals surface area contributed by atoms with Crippen LogP contribution in [0.2, 0.25) is 0 Å². The first-order valence-corrected chi connectivity index (χ1v) is 7.35. The molecule has 1 aliphatic rings. The molecule has 112 valence electrons. The first-order valence-electron chi connectivity index (χ1n) is 7.35. The lowest BCUT2D eigenvalue weighted by Gasteiger charge is -2.29.